The van der Waals surface area contributed by atoms with Crippen LogP contribution in [0.15, 0.2) is 12.3 Å². The zero-order valence-corrected chi connectivity index (χ0v) is 10.2. The number of aryl methyl sites for hydroxylation is 2. The van der Waals surface area contributed by atoms with Crippen molar-refractivity contribution in [2.75, 3.05) is 0 Å². The Labute approximate surface area is 104 Å². The Kier molecular flexibility index (Phi) is 2.43. The molecule has 6 nitrogen and oxygen atoms in total. The van der Waals surface area contributed by atoms with E-state index >= 15 is 0 Å². The molecule has 1 aliphatic carbocycles. The Morgan fingerprint density at radius 2 is 2.28 bits per heavy atom. The van der Waals surface area contributed by atoms with Crippen LogP contribution in [0.5, 0.6) is 0 Å². The highest BCUT2D eigenvalue weighted by atomic mass is 16.1. The van der Waals surface area contributed by atoms with E-state index in [0.717, 1.165) is 24.1 Å². The van der Waals surface area contributed by atoms with Gasteiger partial charge in [-0.05, 0) is 37.8 Å². The summed E-state index contributed by atoms with van der Waals surface area (Å²) in [6, 6.07) is 1.93. The first kappa shape index (κ1) is 11.0. The third-order valence-corrected chi connectivity index (χ3v) is 3.20. The molecule has 0 aromatic carbocycles. The largest absolute Gasteiger partial charge is 0.303 e. The highest BCUT2D eigenvalue weighted by Gasteiger charge is 2.38. The van der Waals surface area contributed by atoms with Crippen LogP contribution in [-0.2, 0) is 4.79 Å². The zero-order valence-electron chi connectivity index (χ0n) is 10.2. The Bertz CT molecular complexity index is 606. The van der Waals surface area contributed by atoms with Crippen LogP contribution in [0.2, 0.25) is 0 Å². The lowest BCUT2D eigenvalue weighted by Crippen LogP contribution is -2.04. The number of aromatic nitrogens is 5. The smallest absolute Gasteiger partial charge is 0.178 e. The molecule has 2 atom stereocenters. The highest BCUT2D eigenvalue weighted by molar-refractivity contribution is 5.61. The summed E-state index contributed by atoms with van der Waals surface area (Å²) in [6.45, 7) is 3.71. The molecule has 6 heteroatoms. The topological polar surface area (TPSA) is 73.6 Å². The lowest BCUT2D eigenvalue weighted by atomic mass is 10.2. The summed E-state index contributed by atoms with van der Waals surface area (Å²) in [5, 5.41) is 12.3. The summed E-state index contributed by atoms with van der Waals surface area (Å²) in [6.07, 6.45) is 3.64. The molecule has 0 radical (unpaired) electrons. The van der Waals surface area contributed by atoms with Crippen LogP contribution in [0.3, 0.4) is 0 Å². The van der Waals surface area contributed by atoms with Crippen molar-refractivity contribution in [3.05, 3.63) is 29.5 Å². The molecule has 2 aromatic heterocycles. The molecule has 92 valence electrons. The van der Waals surface area contributed by atoms with Crippen molar-refractivity contribution in [1.29, 1.82) is 0 Å². The number of rotatable bonds is 3. The van der Waals surface area contributed by atoms with E-state index in [9.17, 15) is 4.79 Å². The fraction of sp³-hybridized carbons (Fsp3) is 0.417. The SMILES string of the molecule is Cc1nc(C)n(-c2cc([C@@H]3C[C@H]3C=O)cnn2)n1. The van der Waals surface area contributed by atoms with Crippen molar-refractivity contribution in [3.8, 4) is 5.82 Å². The molecule has 1 saturated carbocycles. The van der Waals surface area contributed by atoms with Gasteiger partial charge in [0.25, 0.3) is 0 Å². The minimum atomic E-state index is 0.139. The average Bonchev–Trinajstić information content (AvgIpc) is 3.08. The first-order valence-corrected chi connectivity index (χ1v) is 5.87. The van der Waals surface area contributed by atoms with Crippen LogP contribution in [0, 0.1) is 19.8 Å². The third-order valence-electron chi connectivity index (χ3n) is 3.20. The average molecular weight is 243 g/mol. The van der Waals surface area contributed by atoms with Gasteiger partial charge in [-0.25, -0.2) is 4.98 Å². The maximum absolute atomic E-state index is 10.7. The predicted octanol–water partition coefficient (Wildman–Crippen LogP) is 0.977. The van der Waals surface area contributed by atoms with Gasteiger partial charge in [0.1, 0.15) is 17.9 Å². The molecule has 1 fully saturated rings. The van der Waals surface area contributed by atoms with Gasteiger partial charge in [-0.3, -0.25) is 0 Å². The standard InChI is InChI=1S/C12H13N5O/c1-7-14-8(2)17(16-7)12-4-9(5-13-15-12)11-3-10(11)6-18/h4-6,10-11H,3H2,1-2H3/t10-,11-/m0/s1. The number of carbonyl (C=O) groups is 1. The number of hydrogen-bond acceptors (Lipinski definition) is 5. The Balaban J connectivity index is 1.96. The van der Waals surface area contributed by atoms with Crippen molar-refractivity contribution in [3.63, 3.8) is 0 Å². The second-order valence-corrected chi connectivity index (χ2v) is 4.61. The van der Waals surface area contributed by atoms with Gasteiger partial charge < -0.3 is 4.79 Å². The molecule has 1 aliphatic rings. The summed E-state index contributed by atoms with van der Waals surface area (Å²) in [5.74, 6) is 2.57. The van der Waals surface area contributed by atoms with E-state index in [1.807, 2.05) is 19.9 Å². The molecule has 0 N–H and O–H groups in total. The van der Waals surface area contributed by atoms with E-state index in [1.54, 1.807) is 10.9 Å². The Hall–Kier alpha value is -2.11. The molecule has 0 saturated heterocycles. The molecular weight excluding hydrogens is 230 g/mol. The predicted molar refractivity (Wildman–Crippen MR) is 63.3 cm³/mol. The van der Waals surface area contributed by atoms with E-state index in [4.69, 9.17) is 0 Å². The van der Waals surface area contributed by atoms with E-state index in [0.29, 0.717) is 17.6 Å². The third kappa shape index (κ3) is 1.79. The first-order valence-electron chi connectivity index (χ1n) is 5.87. The van der Waals surface area contributed by atoms with E-state index in [-0.39, 0.29) is 5.92 Å². The van der Waals surface area contributed by atoms with Gasteiger partial charge in [0.15, 0.2) is 5.82 Å². The summed E-state index contributed by atoms with van der Waals surface area (Å²) in [7, 11) is 0. The molecule has 2 heterocycles. The van der Waals surface area contributed by atoms with Gasteiger partial charge in [-0.15, -0.1) is 10.2 Å². The molecule has 0 amide bonds. The van der Waals surface area contributed by atoms with Gasteiger partial charge >= 0.3 is 0 Å². The lowest BCUT2D eigenvalue weighted by Gasteiger charge is -2.03. The van der Waals surface area contributed by atoms with Crippen molar-refractivity contribution in [1.82, 2.24) is 25.0 Å². The van der Waals surface area contributed by atoms with Crippen molar-refractivity contribution >= 4 is 6.29 Å². The van der Waals surface area contributed by atoms with Crippen molar-refractivity contribution in [2.45, 2.75) is 26.2 Å². The molecule has 3 rings (SSSR count). The monoisotopic (exact) mass is 243 g/mol. The molecule has 0 spiro atoms. The summed E-state index contributed by atoms with van der Waals surface area (Å²) >= 11 is 0. The maximum atomic E-state index is 10.7. The molecule has 18 heavy (non-hydrogen) atoms. The normalized spacial score (nSPS) is 21.9. The summed E-state index contributed by atoms with van der Waals surface area (Å²) < 4.78 is 1.67. The van der Waals surface area contributed by atoms with Gasteiger partial charge in [0.05, 0.1) is 6.20 Å². The molecule has 0 unspecified atom stereocenters. The second-order valence-electron chi connectivity index (χ2n) is 4.61. The minimum Gasteiger partial charge on any atom is -0.303 e. The van der Waals surface area contributed by atoms with Gasteiger partial charge in [0, 0.05) is 5.92 Å². The van der Waals surface area contributed by atoms with E-state index in [1.165, 1.54) is 0 Å². The molecule has 0 bridgehead atoms. The summed E-state index contributed by atoms with van der Waals surface area (Å²) in [5.41, 5.74) is 1.05. The number of aldehydes is 1. The fourth-order valence-corrected chi connectivity index (χ4v) is 2.16. The number of carbonyl (C=O) groups excluding carboxylic acids is 1. The van der Waals surface area contributed by atoms with Crippen LogP contribution in [0.1, 0.15) is 29.6 Å². The van der Waals surface area contributed by atoms with Crippen LogP contribution in [-0.4, -0.2) is 31.2 Å². The maximum Gasteiger partial charge on any atom is 0.178 e. The van der Waals surface area contributed by atoms with Crippen LogP contribution < -0.4 is 0 Å². The number of nitrogens with zero attached hydrogens (tertiary/aromatic N) is 5. The number of hydrogen-bond donors (Lipinski definition) is 0. The van der Waals surface area contributed by atoms with E-state index < -0.39 is 0 Å². The van der Waals surface area contributed by atoms with Crippen molar-refractivity contribution in [2.24, 2.45) is 5.92 Å². The van der Waals surface area contributed by atoms with Crippen LogP contribution >= 0.6 is 0 Å². The fourth-order valence-electron chi connectivity index (χ4n) is 2.16. The van der Waals surface area contributed by atoms with Crippen LogP contribution in [0.4, 0.5) is 0 Å². The highest BCUT2D eigenvalue weighted by Crippen LogP contribution is 2.45. The lowest BCUT2D eigenvalue weighted by molar-refractivity contribution is -0.108. The van der Waals surface area contributed by atoms with Gasteiger partial charge in [-0.2, -0.15) is 9.78 Å². The summed E-state index contributed by atoms with van der Waals surface area (Å²) in [4.78, 5) is 14.9. The first-order chi connectivity index (χ1) is 8.69. The Morgan fingerprint density at radius 3 is 2.89 bits per heavy atom. The quantitative estimate of drug-likeness (QED) is 0.751. The molecule has 0 aliphatic heterocycles. The van der Waals surface area contributed by atoms with Gasteiger partial charge in [-0.1, -0.05) is 0 Å². The van der Waals surface area contributed by atoms with Crippen LogP contribution in [0.25, 0.3) is 5.82 Å². The minimum absolute atomic E-state index is 0.139. The second kappa shape index (κ2) is 3.97. The Morgan fingerprint density at radius 1 is 1.44 bits per heavy atom. The molecular formula is C12H13N5O. The zero-order chi connectivity index (χ0) is 12.7. The van der Waals surface area contributed by atoms with Crippen molar-refractivity contribution < 1.29 is 4.79 Å². The van der Waals surface area contributed by atoms with Gasteiger partial charge in [0.2, 0.25) is 0 Å². The van der Waals surface area contributed by atoms with E-state index in [2.05, 4.69) is 20.3 Å². The molecule has 2 aromatic rings.